The first-order valence-corrected chi connectivity index (χ1v) is 8.91. The van der Waals surface area contributed by atoms with E-state index < -0.39 is 46.9 Å². The van der Waals surface area contributed by atoms with Gasteiger partial charge >= 0.3 is 12.3 Å². The molecular weight excluding hydrogens is 380 g/mol. The topological polar surface area (TPSA) is 58.6 Å². The predicted molar refractivity (Wildman–Crippen MR) is 93.0 cm³/mol. The quantitative estimate of drug-likeness (QED) is 0.738. The second-order valence-electron chi connectivity index (χ2n) is 8.64. The number of hydrogen-bond donors (Lipinski definition) is 1. The molecule has 1 aliphatic carbocycles. The van der Waals surface area contributed by atoms with Crippen molar-refractivity contribution in [3.05, 3.63) is 29.6 Å². The van der Waals surface area contributed by atoms with Gasteiger partial charge in [0.15, 0.2) is 5.82 Å². The summed E-state index contributed by atoms with van der Waals surface area (Å²) in [4.78, 5) is 26.6. The lowest BCUT2D eigenvalue weighted by atomic mass is 10.0. The molecule has 1 N–H and O–H groups in total. The smallest absolute Gasteiger partial charge is 0.419 e. The van der Waals surface area contributed by atoms with E-state index in [-0.39, 0.29) is 11.5 Å². The van der Waals surface area contributed by atoms with Gasteiger partial charge in [0, 0.05) is 6.04 Å². The highest BCUT2D eigenvalue weighted by atomic mass is 19.4. The van der Waals surface area contributed by atoms with Crippen LogP contribution in [0.1, 0.15) is 46.1 Å². The Bertz CT molecular complexity index is 818. The lowest BCUT2D eigenvalue weighted by Gasteiger charge is -2.30. The van der Waals surface area contributed by atoms with Crippen molar-refractivity contribution in [2.24, 2.45) is 5.41 Å². The molecule has 0 unspecified atom stereocenters. The van der Waals surface area contributed by atoms with Gasteiger partial charge in [-0.15, -0.1) is 0 Å². The molecule has 1 aliphatic heterocycles. The zero-order valence-corrected chi connectivity index (χ0v) is 16.0. The molecule has 2 amide bonds. The fourth-order valence-electron chi connectivity index (χ4n) is 3.65. The highest BCUT2D eigenvalue weighted by Crippen LogP contribution is 2.59. The number of benzene rings is 1. The minimum absolute atomic E-state index is 0.176. The molecule has 0 bridgehead atoms. The SMILES string of the molecule is CC(C)(C)OC(=O)N1[C@H](C(=O)Nc2cccc(C(F)(F)F)c2F)C[C@@]2(C)C[C@@H]12. The van der Waals surface area contributed by atoms with Crippen LogP contribution in [-0.2, 0) is 15.7 Å². The normalized spacial score (nSPS) is 26.6. The monoisotopic (exact) mass is 402 g/mol. The summed E-state index contributed by atoms with van der Waals surface area (Å²) in [6, 6.07) is 1.55. The molecule has 2 fully saturated rings. The van der Waals surface area contributed by atoms with Gasteiger partial charge in [-0.2, -0.15) is 13.2 Å². The maximum absolute atomic E-state index is 14.2. The third-order valence-corrected chi connectivity index (χ3v) is 5.10. The van der Waals surface area contributed by atoms with Crippen LogP contribution < -0.4 is 5.32 Å². The number of piperidine rings is 1. The third-order valence-electron chi connectivity index (χ3n) is 5.10. The molecule has 2 aliphatic rings. The van der Waals surface area contributed by atoms with Crippen molar-refractivity contribution < 1.29 is 31.9 Å². The summed E-state index contributed by atoms with van der Waals surface area (Å²) in [5.74, 6) is -2.29. The van der Waals surface area contributed by atoms with E-state index in [2.05, 4.69) is 5.32 Å². The van der Waals surface area contributed by atoms with Crippen LogP contribution >= 0.6 is 0 Å². The molecule has 1 aromatic carbocycles. The predicted octanol–water partition coefficient (Wildman–Crippen LogP) is 4.57. The second kappa shape index (κ2) is 6.35. The minimum Gasteiger partial charge on any atom is -0.444 e. The first-order valence-electron chi connectivity index (χ1n) is 8.91. The van der Waals surface area contributed by atoms with E-state index in [4.69, 9.17) is 4.74 Å². The molecule has 1 saturated heterocycles. The molecule has 154 valence electrons. The minimum atomic E-state index is -4.88. The van der Waals surface area contributed by atoms with Crippen LogP contribution in [0, 0.1) is 11.2 Å². The van der Waals surface area contributed by atoms with Crippen molar-refractivity contribution in [3.63, 3.8) is 0 Å². The molecule has 1 saturated carbocycles. The van der Waals surface area contributed by atoms with Gasteiger partial charge in [-0.3, -0.25) is 9.69 Å². The lowest BCUT2D eigenvalue weighted by Crippen LogP contribution is -2.47. The summed E-state index contributed by atoms with van der Waals surface area (Å²) in [5, 5.41) is 2.21. The molecule has 0 spiro atoms. The van der Waals surface area contributed by atoms with E-state index in [9.17, 15) is 27.2 Å². The average Bonchev–Trinajstić information content (AvgIpc) is 3.07. The molecule has 5 nitrogen and oxygen atoms in total. The summed E-state index contributed by atoms with van der Waals surface area (Å²) in [6.07, 6.45) is -4.49. The molecule has 1 aromatic rings. The Morgan fingerprint density at radius 2 is 1.86 bits per heavy atom. The number of ether oxygens (including phenoxy) is 1. The number of hydrogen-bond acceptors (Lipinski definition) is 3. The van der Waals surface area contributed by atoms with Crippen molar-refractivity contribution in [1.82, 2.24) is 4.90 Å². The maximum atomic E-state index is 14.2. The van der Waals surface area contributed by atoms with Crippen molar-refractivity contribution in [1.29, 1.82) is 0 Å². The van der Waals surface area contributed by atoms with Crippen LogP contribution in [0.3, 0.4) is 0 Å². The van der Waals surface area contributed by atoms with E-state index >= 15 is 0 Å². The van der Waals surface area contributed by atoms with Crippen LogP contribution in [0.2, 0.25) is 0 Å². The van der Waals surface area contributed by atoms with Crippen molar-refractivity contribution >= 4 is 17.7 Å². The summed E-state index contributed by atoms with van der Waals surface area (Å²) in [7, 11) is 0. The Balaban J connectivity index is 1.81. The highest BCUT2D eigenvalue weighted by Gasteiger charge is 2.65. The largest absolute Gasteiger partial charge is 0.444 e. The molecule has 9 heteroatoms. The zero-order valence-electron chi connectivity index (χ0n) is 16.0. The van der Waals surface area contributed by atoms with Crippen molar-refractivity contribution in [2.75, 3.05) is 5.32 Å². The number of carbonyl (C=O) groups excluding carboxylic acids is 2. The number of anilines is 1. The van der Waals surface area contributed by atoms with Gasteiger partial charge in [-0.05, 0) is 51.2 Å². The molecular formula is C19H22F4N2O3. The third kappa shape index (κ3) is 3.79. The number of fused-ring (bicyclic) bond motifs is 1. The Morgan fingerprint density at radius 3 is 2.43 bits per heavy atom. The Labute approximate surface area is 160 Å². The summed E-state index contributed by atoms with van der Waals surface area (Å²) < 4.78 is 58.2. The standard InChI is InChI=1S/C19H22F4N2O3/c1-17(2,3)28-16(27)25-12(8-18(4)9-13(18)25)15(26)24-11-7-5-6-10(14(11)20)19(21,22)23/h5-7,12-13H,8-9H2,1-4H3,(H,24,26)/t12-,13+,18-/m0/s1. The maximum Gasteiger partial charge on any atom is 0.419 e. The van der Waals surface area contributed by atoms with Gasteiger partial charge in [-0.1, -0.05) is 13.0 Å². The summed E-state index contributed by atoms with van der Waals surface area (Å²) >= 11 is 0. The van der Waals surface area contributed by atoms with Crippen molar-refractivity contribution in [2.45, 2.75) is 64.4 Å². The number of halogens is 4. The summed E-state index contributed by atoms with van der Waals surface area (Å²) in [5.41, 5.74) is -3.05. The number of nitrogens with zero attached hydrogens (tertiary/aromatic N) is 1. The molecule has 28 heavy (non-hydrogen) atoms. The number of alkyl halides is 3. The van der Waals surface area contributed by atoms with Gasteiger partial charge in [-0.25, -0.2) is 9.18 Å². The molecule has 3 atom stereocenters. The number of carbonyl (C=O) groups is 2. The summed E-state index contributed by atoms with van der Waals surface area (Å²) in [6.45, 7) is 7.01. The molecule has 0 aromatic heterocycles. The van der Waals surface area contributed by atoms with E-state index in [0.717, 1.165) is 12.1 Å². The Kier molecular flexibility index (Phi) is 4.63. The van der Waals surface area contributed by atoms with Crippen LogP contribution in [0.15, 0.2) is 18.2 Å². The fourth-order valence-corrected chi connectivity index (χ4v) is 3.65. The lowest BCUT2D eigenvalue weighted by molar-refractivity contribution is -0.140. The molecule has 1 heterocycles. The average molecular weight is 402 g/mol. The van der Waals surface area contributed by atoms with E-state index in [1.54, 1.807) is 20.8 Å². The Morgan fingerprint density at radius 1 is 1.21 bits per heavy atom. The van der Waals surface area contributed by atoms with E-state index in [0.29, 0.717) is 18.9 Å². The van der Waals surface area contributed by atoms with Gasteiger partial charge in [0.25, 0.3) is 0 Å². The number of likely N-dealkylation sites (tertiary alicyclic amines) is 1. The van der Waals surface area contributed by atoms with Gasteiger partial charge in [0.1, 0.15) is 11.6 Å². The first kappa shape index (κ1) is 20.4. The number of amides is 2. The van der Waals surface area contributed by atoms with E-state index in [1.165, 1.54) is 4.90 Å². The van der Waals surface area contributed by atoms with Gasteiger partial charge < -0.3 is 10.1 Å². The van der Waals surface area contributed by atoms with Crippen LogP contribution in [0.5, 0.6) is 0 Å². The zero-order chi connectivity index (χ0) is 21.1. The van der Waals surface area contributed by atoms with Gasteiger partial charge in [0.05, 0.1) is 11.3 Å². The first-order chi connectivity index (χ1) is 12.7. The van der Waals surface area contributed by atoms with E-state index in [1.807, 2.05) is 6.92 Å². The van der Waals surface area contributed by atoms with Crippen LogP contribution in [-0.4, -0.2) is 34.6 Å². The fraction of sp³-hybridized carbons (Fsp3) is 0.579. The van der Waals surface area contributed by atoms with Crippen molar-refractivity contribution in [3.8, 4) is 0 Å². The van der Waals surface area contributed by atoms with Crippen LogP contribution in [0.4, 0.5) is 28.0 Å². The Hall–Kier alpha value is -2.32. The number of nitrogens with one attached hydrogen (secondary N) is 1. The second-order valence-corrected chi connectivity index (χ2v) is 8.64. The van der Waals surface area contributed by atoms with Gasteiger partial charge in [0.2, 0.25) is 5.91 Å². The highest BCUT2D eigenvalue weighted by molar-refractivity contribution is 5.97. The molecule has 3 rings (SSSR count). The molecule has 0 radical (unpaired) electrons. The van der Waals surface area contributed by atoms with Crippen LogP contribution in [0.25, 0.3) is 0 Å². The number of rotatable bonds is 2.